The maximum Gasteiger partial charge on any atom is 0.0525 e. The van der Waals surface area contributed by atoms with Gasteiger partial charge < -0.3 is 4.57 Å². The third-order valence-corrected chi connectivity index (χ3v) is 2.95. The van der Waals surface area contributed by atoms with E-state index in [2.05, 4.69) is 60.2 Å². The summed E-state index contributed by atoms with van der Waals surface area (Å²) >= 11 is 0. The maximum absolute atomic E-state index is 2.28. The Hall–Kier alpha value is -1.76. The molecule has 0 unspecified atom stereocenters. The largest absolute Gasteiger partial charge is 0.320 e. The molecule has 0 N–H and O–H groups in total. The molecule has 3 rings (SSSR count). The first-order valence-electron chi connectivity index (χ1n) is 5.28. The number of aromatic nitrogens is 1. The fraction of sp³-hybridized carbons (Fsp3) is 0.143. The molecule has 15 heavy (non-hydrogen) atoms. The van der Waals surface area contributed by atoms with Crippen LogP contribution < -0.4 is 0 Å². The van der Waals surface area contributed by atoms with Crippen LogP contribution >= 0.6 is 0 Å². The van der Waals surface area contributed by atoms with E-state index in [4.69, 9.17) is 0 Å². The van der Waals surface area contributed by atoms with E-state index in [1.54, 1.807) is 0 Å². The highest BCUT2D eigenvalue weighted by molar-refractivity contribution is 5.83. The lowest BCUT2D eigenvalue weighted by Crippen LogP contribution is -1.90. The molecule has 2 aromatic rings. The van der Waals surface area contributed by atoms with Crippen molar-refractivity contribution < 1.29 is 0 Å². The van der Waals surface area contributed by atoms with Gasteiger partial charge in [-0.25, -0.2) is 0 Å². The van der Waals surface area contributed by atoms with Crippen molar-refractivity contribution in [2.45, 2.75) is 13.3 Å². The minimum atomic E-state index is 1.02. The molecule has 0 fully saturated rings. The first-order valence-corrected chi connectivity index (χ1v) is 5.28. The highest BCUT2D eigenvalue weighted by Gasteiger charge is 2.06. The highest BCUT2D eigenvalue weighted by atomic mass is 15.0. The summed E-state index contributed by atoms with van der Waals surface area (Å²) in [6.45, 7) is 2.14. The van der Waals surface area contributed by atoms with E-state index in [1.165, 1.54) is 22.2 Å². The van der Waals surface area contributed by atoms with Crippen LogP contribution in [0.15, 0.2) is 48.1 Å². The topological polar surface area (TPSA) is 4.93 Å². The minimum absolute atomic E-state index is 1.02. The van der Waals surface area contributed by atoms with Crippen molar-refractivity contribution in [2.24, 2.45) is 0 Å². The van der Waals surface area contributed by atoms with E-state index < -0.39 is 0 Å². The number of nitrogens with zero attached hydrogens (tertiary/aromatic N) is 1. The highest BCUT2D eigenvalue weighted by Crippen LogP contribution is 2.23. The monoisotopic (exact) mass is 195 g/mol. The van der Waals surface area contributed by atoms with Crippen LogP contribution in [0.2, 0.25) is 0 Å². The standard InChI is InChI=1S/C14H13N/c1-11-6-7-13-10-12-4-2-3-5-14(12)15(13)9-8-11/h2-6,8-10H,7H2,1H3. The van der Waals surface area contributed by atoms with E-state index >= 15 is 0 Å². The van der Waals surface area contributed by atoms with Crippen LogP contribution in [0, 0.1) is 0 Å². The second-order valence-corrected chi connectivity index (χ2v) is 4.03. The van der Waals surface area contributed by atoms with Gasteiger partial charge in [0.1, 0.15) is 0 Å². The SMILES string of the molecule is CC1=CCc2cc3ccccc3n2C=C1. The van der Waals surface area contributed by atoms with Crippen LogP contribution in [0.3, 0.4) is 0 Å². The van der Waals surface area contributed by atoms with Gasteiger partial charge in [0.05, 0.1) is 5.52 Å². The Kier molecular flexibility index (Phi) is 1.78. The summed E-state index contributed by atoms with van der Waals surface area (Å²) < 4.78 is 2.28. The van der Waals surface area contributed by atoms with Crippen molar-refractivity contribution in [1.82, 2.24) is 4.57 Å². The van der Waals surface area contributed by atoms with Gasteiger partial charge >= 0.3 is 0 Å². The van der Waals surface area contributed by atoms with Gasteiger partial charge in [0.25, 0.3) is 0 Å². The summed E-state index contributed by atoms with van der Waals surface area (Å²) in [4.78, 5) is 0. The van der Waals surface area contributed by atoms with E-state index in [9.17, 15) is 0 Å². The van der Waals surface area contributed by atoms with Crippen molar-refractivity contribution in [2.75, 3.05) is 0 Å². The lowest BCUT2D eigenvalue weighted by molar-refractivity contribution is 1.07. The fourth-order valence-corrected chi connectivity index (χ4v) is 2.09. The van der Waals surface area contributed by atoms with Gasteiger partial charge in [-0.2, -0.15) is 0 Å². The zero-order valence-electron chi connectivity index (χ0n) is 8.77. The first-order chi connectivity index (χ1) is 7.34. The molecule has 1 nitrogen and oxygen atoms in total. The summed E-state index contributed by atoms with van der Waals surface area (Å²) in [5.74, 6) is 0. The Bertz CT molecular complexity index is 570. The number of fused-ring (bicyclic) bond motifs is 3. The number of hydrogen-bond acceptors (Lipinski definition) is 0. The van der Waals surface area contributed by atoms with E-state index in [0.717, 1.165) is 6.42 Å². The van der Waals surface area contributed by atoms with Crippen LogP contribution in [0.1, 0.15) is 12.6 Å². The van der Waals surface area contributed by atoms with Crippen LogP contribution in [0.4, 0.5) is 0 Å². The number of rotatable bonds is 0. The number of para-hydroxylation sites is 1. The number of allylic oxidation sites excluding steroid dienone is 3. The number of hydrogen-bond donors (Lipinski definition) is 0. The molecule has 1 aliphatic rings. The lowest BCUT2D eigenvalue weighted by Gasteiger charge is -2.00. The van der Waals surface area contributed by atoms with Gasteiger partial charge in [-0.05, 0) is 25.1 Å². The van der Waals surface area contributed by atoms with Crippen molar-refractivity contribution in [3.05, 3.63) is 53.8 Å². The van der Waals surface area contributed by atoms with Gasteiger partial charge in [0.15, 0.2) is 0 Å². The van der Waals surface area contributed by atoms with Crippen LogP contribution in [0.25, 0.3) is 17.1 Å². The Morgan fingerprint density at radius 3 is 3.00 bits per heavy atom. The molecule has 0 aliphatic carbocycles. The quantitative estimate of drug-likeness (QED) is 0.605. The van der Waals surface area contributed by atoms with Crippen molar-refractivity contribution in [1.29, 1.82) is 0 Å². The predicted octanol–water partition coefficient (Wildman–Crippen LogP) is 3.61. The van der Waals surface area contributed by atoms with Gasteiger partial charge in [0, 0.05) is 23.7 Å². The summed E-state index contributed by atoms with van der Waals surface area (Å²) in [6, 6.07) is 10.8. The molecule has 0 saturated carbocycles. The predicted molar refractivity (Wildman–Crippen MR) is 64.7 cm³/mol. The summed E-state index contributed by atoms with van der Waals surface area (Å²) in [6.07, 6.45) is 7.63. The normalized spacial score (nSPS) is 14.9. The van der Waals surface area contributed by atoms with Gasteiger partial charge in [0.2, 0.25) is 0 Å². The molecule has 1 aliphatic heterocycles. The van der Waals surface area contributed by atoms with Gasteiger partial charge in [-0.1, -0.05) is 29.8 Å². The molecule has 0 amide bonds. The molecule has 0 saturated heterocycles. The van der Waals surface area contributed by atoms with Gasteiger partial charge in [-0.3, -0.25) is 0 Å². The second kappa shape index (κ2) is 3.13. The van der Waals surface area contributed by atoms with E-state index in [-0.39, 0.29) is 0 Å². The molecule has 0 atom stereocenters. The van der Waals surface area contributed by atoms with Crippen molar-refractivity contribution in [3.8, 4) is 0 Å². The van der Waals surface area contributed by atoms with Crippen LogP contribution in [-0.4, -0.2) is 4.57 Å². The fourth-order valence-electron chi connectivity index (χ4n) is 2.09. The minimum Gasteiger partial charge on any atom is -0.320 e. The van der Waals surface area contributed by atoms with E-state index in [1.807, 2.05) is 0 Å². The molecule has 0 radical (unpaired) electrons. The Labute approximate surface area is 89.3 Å². The average molecular weight is 195 g/mol. The Balaban J connectivity index is 2.29. The summed E-state index contributed by atoms with van der Waals surface area (Å²) in [5.41, 5.74) is 4.00. The van der Waals surface area contributed by atoms with Crippen molar-refractivity contribution >= 4 is 17.1 Å². The molecule has 1 heteroatoms. The van der Waals surface area contributed by atoms with Crippen LogP contribution in [-0.2, 0) is 6.42 Å². The Morgan fingerprint density at radius 2 is 2.07 bits per heavy atom. The number of benzene rings is 1. The maximum atomic E-state index is 2.28. The lowest BCUT2D eigenvalue weighted by atomic mass is 10.2. The molecule has 74 valence electrons. The third-order valence-electron chi connectivity index (χ3n) is 2.95. The molecular formula is C14H13N. The average Bonchev–Trinajstić information content (AvgIpc) is 2.51. The molecule has 0 bridgehead atoms. The smallest absolute Gasteiger partial charge is 0.0525 e. The molecule has 1 aromatic heterocycles. The summed E-state index contributed by atoms with van der Waals surface area (Å²) in [5, 5.41) is 1.32. The summed E-state index contributed by atoms with van der Waals surface area (Å²) in [7, 11) is 0. The van der Waals surface area contributed by atoms with Crippen LogP contribution in [0.5, 0.6) is 0 Å². The molecule has 1 aromatic carbocycles. The Morgan fingerprint density at radius 1 is 1.20 bits per heavy atom. The second-order valence-electron chi connectivity index (χ2n) is 4.03. The zero-order chi connectivity index (χ0) is 10.3. The molecule has 0 spiro atoms. The third kappa shape index (κ3) is 1.32. The van der Waals surface area contributed by atoms with Gasteiger partial charge in [-0.15, -0.1) is 0 Å². The van der Waals surface area contributed by atoms with E-state index in [0.29, 0.717) is 0 Å². The first kappa shape index (κ1) is 8.54. The zero-order valence-corrected chi connectivity index (χ0v) is 8.77. The molecular weight excluding hydrogens is 182 g/mol. The van der Waals surface area contributed by atoms with Crippen molar-refractivity contribution in [3.63, 3.8) is 0 Å². The molecule has 2 heterocycles.